The molecule has 0 aliphatic heterocycles. The summed E-state index contributed by atoms with van der Waals surface area (Å²) in [7, 11) is 0. The van der Waals surface area contributed by atoms with Gasteiger partial charge in [0.25, 0.3) is 10.5 Å². The first kappa shape index (κ1) is 16.5. The quantitative estimate of drug-likeness (QED) is 0.511. The van der Waals surface area contributed by atoms with Gasteiger partial charge in [-0.15, -0.1) is 0 Å². The van der Waals surface area contributed by atoms with Gasteiger partial charge in [-0.2, -0.15) is 0 Å². The summed E-state index contributed by atoms with van der Waals surface area (Å²) in [5.41, 5.74) is 0. The molecule has 0 bridgehead atoms. The lowest BCUT2D eigenvalue weighted by atomic mass is 10.0. The molecule has 0 aromatic heterocycles. The Kier molecular flexibility index (Phi) is 4.59. The molecule has 0 amide bonds. The topological polar surface area (TPSA) is 34.1 Å². The van der Waals surface area contributed by atoms with Crippen molar-refractivity contribution in [1.29, 1.82) is 0 Å². The predicted molar refractivity (Wildman–Crippen MR) is 72.1 cm³/mol. The average Bonchev–Trinajstić information content (AvgIpc) is 2.31. The number of halogens is 8. The van der Waals surface area contributed by atoms with Crippen molar-refractivity contribution in [2.45, 2.75) is 14.1 Å². The number of alkyl halides is 4. The fourth-order valence-corrected chi connectivity index (χ4v) is 4.27. The van der Waals surface area contributed by atoms with Gasteiger partial charge in [-0.25, -0.2) is 0 Å². The number of carbonyl (C=O) groups is 2. The molecule has 0 heterocycles. The van der Waals surface area contributed by atoms with E-state index in [1.54, 1.807) is 0 Å². The van der Waals surface area contributed by atoms with E-state index in [0.717, 1.165) is 0 Å². The van der Waals surface area contributed by atoms with Gasteiger partial charge in [0, 0.05) is 0 Å². The Morgan fingerprint density at radius 1 is 0.765 bits per heavy atom. The van der Waals surface area contributed by atoms with Gasteiger partial charge in [0.15, 0.2) is 14.1 Å². The van der Waals surface area contributed by atoms with E-state index >= 15 is 0 Å². The summed E-state index contributed by atoms with van der Waals surface area (Å²) in [4.78, 5) is 17.9. The third-order valence-electron chi connectivity index (χ3n) is 2.20. The van der Waals surface area contributed by atoms with E-state index in [-0.39, 0.29) is 0 Å². The standard InChI is InChI=1S/C7Cl8O2/c8-1-2(9)6(13,4(11)17)7(14,15)5(1,12)3(10)16/t5-,6+. The van der Waals surface area contributed by atoms with Gasteiger partial charge < -0.3 is 0 Å². The minimum Gasteiger partial charge on any atom is -0.279 e. The Bertz CT molecular complexity index is 405. The molecule has 1 rings (SSSR count). The van der Waals surface area contributed by atoms with Crippen molar-refractivity contribution in [2.24, 2.45) is 0 Å². The van der Waals surface area contributed by atoms with Crippen LogP contribution in [0.3, 0.4) is 0 Å². The van der Waals surface area contributed by atoms with Crippen molar-refractivity contribution >= 4 is 103 Å². The van der Waals surface area contributed by atoms with E-state index < -0.39 is 34.6 Å². The molecule has 0 aromatic carbocycles. The molecule has 0 N–H and O–H groups in total. The zero-order valence-corrected chi connectivity index (χ0v) is 13.4. The van der Waals surface area contributed by atoms with Gasteiger partial charge in [-0.05, 0) is 23.2 Å². The van der Waals surface area contributed by atoms with Crippen LogP contribution in [0.5, 0.6) is 0 Å². The molecule has 10 heteroatoms. The average molecular weight is 400 g/mol. The molecule has 96 valence electrons. The highest BCUT2D eigenvalue weighted by atomic mass is 35.5. The fourth-order valence-electron chi connectivity index (χ4n) is 1.23. The van der Waals surface area contributed by atoms with Gasteiger partial charge in [0.1, 0.15) is 0 Å². The lowest BCUT2D eigenvalue weighted by Gasteiger charge is -2.35. The summed E-state index contributed by atoms with van der Waals surface area (Å²) < 4.78 is -2.44. The molecule has 0 fully saturated rings. The van der Waals surface area contributed by atoms with Crippen molar-refractivity contribution in [1.82, 2.24) is 0 Å². The van der Waals surface area contributed by atoms with E-state index in [9.17, 15) is 9.59 Å². The number of carbonyl (C=O) groups excluding carboxylic acids is 2. The number of allylic oxidation sites excluding steroid dienone is 2. The third kappa shape index (κ3) is 1.84. The second kappa shape index (κ2) is 4.75. The van der Waals surface area contributed by atoms with Crippen LogP contribution >= 0.6 is 92.8 Å². The fraction of sp³-hybridized carbons (Fsp3) is 0.429. The summed E-state index contributed by atoms with van der Waals surface area (Å²) in [6.45, 7) is 0. The van der Waals surface area contributed by atoms with Gasteiger partial charge >= 0.3 is 0 Å². The maximum Gasteiger partial charge on any atom is 0.251 e. The van der Waals surface area contributed by atoms with Crippen molar-refractivity contribution < 1.29 is 9.59 Å². The zero-order valence-electron chi connectivity index (χ0n) is 7.34. The Morgan fingerprint density at radius 2 is 1.00 bits per heavy atom. The molecular formula is C7Cl8O2. The van der Waals surface area contributed by atoms with Gasteiger partial charge in [-0.1, -0.05) is 69.6 Å². The molecule has 2 atom stereocenters. The van der Waals surface area contributed by atoms with E-state index in [1.807, 2.05) is 0 Å². The first-order valence-electron chi connectivity index (χ1n) is 3.67. The van der Waals surface area contributed by atoms with Crippen LogP contribution in [0, 0.1) is 0 Å². The van der Waals surface area contributed by atoms with Crippen LogP contribution in [-0.2, 0) is 9.59 Å². The first-order valence-corrected chi connectivity index (χ1v) is 6.69. The van der Waals surface area contributed by atoms with Crippen molar-refractivity contribution in [3.63, 3.8) is 0 Å². The third-order valence-corrected chi connectivity index (χ3v) is 7.01. The predicted octanol–water partition coefficient (Wildman–Crippen LogP) is 4.35. The molecule has 1 aliphatic rings. The smallest absolute Gasteiger partial charge is 0.251 e. The Hall–Kier alpha value is 1.40. The normalized spacial score (nSPS) is 36.2. The van der Waals surface area contributed by atoms with E-state index in [4.69, 9.17) is 92.8 Å². The maximum absolute atomic E-state index is 11.3. The molecule has 0 saturated heterocycles. The minimum atomic E-state index is -2.44. The van der Waals surface area contributed by atoms with E-state index in [1.165, 1.54) is 0 Å². The number of hydrogen-bond acceptors (Lipinski definition) is 2. The van der Waals surface area contributed by atoms with Gasteiger partial charge in [0.05, 0.1) is 10.1 Å². The highest BCUT2D eigenvalue weighted by Crippen LogP contribution is 2.65. The van der Waals surface area contributed by atoms with E-state index in [2.05, 4.69) is 0 Å². The molecule has 17 heavy (non-hydrogen) atoms. The lowest BCUT2D eigenvalue weighted by Crippen LogP contribution is -2.55. The van der Waals surface area contributed by atoms with Crippen molar-refractivity contribution in [3.8, 4) is 0 Å². The second-order valence-electron chi connectivity index (χ2n) is 3.07. The Labute approximate surface area is 136 Å². The molecular weight excluding hydrogens is 400 g/mol. The molecule has 0 spiro atoms. The number of rotatable bonds is 2. The van der Waals surface area contributed by atoms with Crippen molar-refractivity contribution in [2.75, 3.05) is 0 Å². The monoisotopic (exact) mass is 396 g/mol. The summed E-state index contributed by atoms with van der Waals surface area (Å²) in [5.74, 6) is 0. The Morgan fingerprint density at radius 3 is 1.12 bits per heavy atom. The number of hydrogen-bond donors (Lipinski definition) is 0. The Balaban J connectivity index is 3.67. The zero-order chi connectivity index (χ0) is 13.8. The molecule has 0 radical (unpaired) electrons. The summed E-state index contributed by atoms with van der Waals surface area (Å²) in [6, 6.07) is 0. The van der Waals surface area contributed by atoms with Gasteiger partial charge in [-0.3, -0.25) is 9.59 Å². The molecule has 0 saturated carbocycles. The van der Waals surface area contributed by atoms with Crippen LogP contribution in [0.15, 0.2) is 10.1 Å². The lowest BCUT2D eigenvalue weighted by molar-refractivity contribution is -0.114. The largest absolute Gasteiger partial charge is 0.279 e. The molecule has 2 nitrogen and oxygen atoms in total. The van der Waals surface area contributed by atoms with Crippen LogP contribution in [0.4, 0.5) is 0 Å². The minimum absolute atomic E-state index is 0.546. The highest BCUT2D eigenvalue weighted by molar-refractivity contribution is 6.83. The van der Waals surface area contributed by atoms with Crippen LogP contribution in [0.1, 0.15) is 0 Å². The van der Waals surface area contributed by atoms with Crippen molar-refractivity contribution in [3.05, 3.63) is 10.1 Å². The summed E-state index contributed by atoms with van der Waals surface area (Å²) >= 11 is 45.4. The first-order chi connectivity index (χ1) is 7.45. The molecule has 1 aliphatic carbocycles. The van der Waals surface area contributed by atoms with E-state index in [0.29, 0.717) is 0 Å². The summed E-state index contributed by atoms with van der Waals surface area (Å²) in [6.07, 6.45) is 0. The molecule has 0 unspecified atom stereocenters. The van der Waals surface area contributed by atoms with Crippen LogP contribution < -0.4 is 0 Å². The highest BCUT2D eigenvalue weighted by Gasteiger charge is 2.75. The van der Waals surface area contributed by atoms with Crippen LogP contribution in [-0.4, -0.2) is 24.6 Å². The van der Waals surface area contributed by atoms with Crippen LogP contribution in [0.25, 0.3) is 0 Å². The van der Waals surface area contributed by atoms with Crippen LogP contribution in [0.2, 0.25) is 0 Å². The summed E-state index contributed by atoms with van der Waals surface area (Å²) in [5, 5.41) is -3.58. The maximum atomic E-state index is 11.3. The van der Waals surface area contributed by atoms with Gasteiger partial charge in [0.2, 0.25) is 0 Å². The second-order valence-corrected chi connectivity index (χ2v) is 6.97. The SMILES string of the molecule is O=C(Cl)[C@@]1(Cl)C(Cl)=C(Cl)[C@@](Cl)(C(=O)Cl)C1(Cl)Cl. The molecule has 0 aromatic rings.